The first-order chi connectivity index (χ1) is 9.32. The lowest BCUT2D eigenvalue weighted by Gasteiger charge is -2.28. The Morgan fingerprint density at radius 1 is 1.40 bits per heavy atom. The van der Waals surface area contributed by atoms with Gasteiger partial charge in [0.2, 0.25) is 0 Å². The highest BCUT2D eigenvalue weighted by atomic mass is 32.1. The maximum absolute atomic E-state index is 12.2. The smallest absolute Gasteiger partial charge is 0.328 e. The van der Waals surface area contributed by atoms with Crippen molar-refractivity contribution in [2.45, 2.75) is 45.5 Å². The van der Waals surface area contributed by atoms with Crippen LogP contribution in [0.4, 0.5) is 4.79 Å². The molecule has 112 valence electrons. The molecule has 20 heavy (non-hydrogen) atoms. The van der Waals surface area contributed by atoms with Crippen LogP contribution in [-0.4, -0.2) is 45.3 Å². The van der Waals surface area contributed by atoms with E-state index in [1.807, 2.05) is 31.4 Å². The van der Waals surface area contributed by atoms with Crippen molar-refractivity contribution in [3.05, 3.63) is 22.4 Å². The van der Waals surface area contributed by atoms with Crippen molar-refractivity contribution in [3.63, 3.8) is 0 Å². The molecule has 6 nitrogen and oxygen atoms in total. The van der Waals surface area contributed by atoms with Gasteiger partial charge >= 0.3 is 12.0 Å². The number of carboxylic acids is 1. The molecule has 3 N–H and O–H groups in total. The normalized spacial score (nSPS) is 13.8. The summed E-state index contributed by atoms with van der Waals surface area (Å²) in [7, 11) is 0. The highest BCUT2D eigenvalue weighted by Crippen LogP contribution is 2.14. The number of nitrogens with zero attached hydrogens (tertiary/aromatic N) is 1. The van der Waals surface area contributed by atoms with Gasteiger partial charge in [-0.1, -0.05) is 6.07 Å². The van der Waals surface area contributed by atoms with Crippen molar-refractivity contribution in [1.29, 1.82) is 0 Å². The molecule has 0 spiro atoms. The van der Waals surface area contributed by atoms with Gasteiger partial charge in [-0.05, 0) is 32.2 Å². The van der Waals surface area contributed by atoms with E-state index in [0.717, 1.165) is 4.88 Å². The number of rotatable bonds is 6. The summed E-state index contributed by atoms with van der Waals surface area (Å²) in [6, 6.07) is 1.91. The molecule has 0 unspecified atom stereocenters. The highest BCUT2D eigenvalue weighted by molar-refractivity contribution is 7.09. The number of carbonyl (C=O) groups is 2. The average molecular weight is 300 g/mol. The molecule has 0 radical (unpaired) electrons. The molecule has 0 bridgehead atoms. The fraction of sp³-hybridized carbons (Fsp3) is 0.538. The van der Waals surface area contributed by atoms with E-state index in [0.29, 0.717) is 6.54 Å². The summed E-state index contributed by atoms with van der Waals surface area (Å²) in [5.41, 5.74) is 0. The number of aliphatic hydroxyl groups excluding tert-OH is 1. The molecule has 1 aromatic rings. The van der Waals surface area contributed by atoms with Gasteiger partial charge in [-0.15, -0.1) is 11.3 Å². The first kappa shape index (κ1) is 16.5. The van der Waals surface area contributed by atoms with Gasteiger partial charge in [-0.2, -0.15) is 0 Å². The Kier molecular flexibility index (Phi) is 5.97. The summed E-state index contributed by atoms with van der Waals surface area (Å²) in [6.45, 7) is 5.45. The molecular formula is C13H20N2O4S. The second-order valence-electron chi connectivity index (χ2n) is 4.81. The van der Waals surface area contributed by atoms with Crippen LogP contribution in [0.5, 0.6) is 0 Å². The Labute approximate surface area is 122 Å². The number of carboxylic acid groups (broad SMARTS) is 1. The zero-order valence-corrected chi connectivity index (χ0v) is 12.6. The monoisotopic (exact) mass is 300 g/mol. The Hall–Kier alpha value is -1.60. The van der Waals surface area contributed by atoms with Crippen LogP contribution in [0.25, 0.3) is 0 Å². The van der Waals surface area contributed by atoms with E-state index < -0.39 is 24.1 Å². The molecule has 1 aromatic heterocycles. The largest absolute Gasteiger partial charge is 0.480 e. The van der Waals surface area contributed by atoms with Crippen LogP contribution in [0.1, 0.15) is 25.6 Å². The maximum Gasteiger partial charge on any atom is 0.328 e. The third-order valence-corrected chi connectivity index (χ3v) is 3.68. The second-order valence-corrected chi connectivity index (χ2v) is 5.84. The molecule has 0 aliphatic heterocycles. The number of amides is 2. The molecule has 0 saturated carbocycles. The van der Waals surface area contributed by atoms with Gasteiger partial charge in [0.05, 0.1) is 12.6 Å². The van der Waals surface area contributed by atoms with Crippen molar-refractivity contribution in [3.8, 4) is 0 Å². The molecule has 2 atom stereocenters. The summed E-state index contributed by atoms with van der Waals surface area (Å²) in [6.07, 6.45) is -1.16. The van der Waals surface area contributed by atoms with E-state index in [1.165, 1.54) is 23.2 Å². The minimum Gasteiger partial charge on any atom is -0.480 e. The summed E-state index contributed by atoms with van der Waals surface area (Å²) in [5.74, 6) is -1.26. The first-order valence-corrected chi connectivity index (χ1v) is 7.21. The summed E-state index contributed by atoms with van der Waals surface area (Å²) in [5, 5.41) is 22.6. The van der Waals surface area contributed by atoms with Crippen LogP contribution in [0.15, 0.2) is 17.5 Å². The van der Waals surface area contributed by atoms with Crippen LogP contribution in [0.2, 0.25) is 0 Å². The van der Waals surface area contributed by atoms with Crippen LogP contribution < -0.4 is 5.32 Å². The van der Waals surface area contributed by atoms with E-state index in [2.05, 4.69) is 5.32 Å². The van der Waals surface area contributed by atoms with Gasteiger partial charge < -0.3 is 20.4 Å². The lowest BCUT2D eigenvalue weighted by Crippen LogP contribution is -2.53. The Balaban J connectivity index is 2.76. The predicted octanol–water partition coefficient (Wildman–Crippen LogP) is 1.50. The molecular weight excluding hydrogens is 280 g/mol. The fourth-order valence-corrected chi connectivity index (χ4v) is 2.37. The van der Waals surface area contributed by atoms with E-state index in [9.17, 15) is 14.7 Å². The molecule has 0 saturated heterocycles. The van der Waals surface area contributed by atoms with Crippen molar-refractivity contribution >= 4 is 23.3 Å². The molecule has 1 heterocycles. The standard InChI is InChI=1S/C13H20N2O4S/c1-8(2)15(7-10-5-4-6-20-10)13(19)14-11(9(3)16)12(17)18/h4-6,8-9,11,16H,7H2,1-3H3,(H,14,19)(H,17,18)/t9-,11+/m1/s1. The lowest BCUT2D eigenvalue weighted by molar-refractivity contribution is -0.141. The van der Waals surface area contributed by atoms with E-state index in [-0.39, 0.29) is 6.04 Å². The Morgan fingerprint density at radius 2 is 2.05 bits per heavy atom. The molecule has 0 aliphatic rings. The summed E-state index contributed by atoms with van der Waals surface area (Å²) < 4.78 is 0. The van der Waals surface area contributed by atoms with Gasteiger partial charge in [0.15, 0.2) is 6.04 Å². The van der Waals surface area contributed by atoms with Crippen molar-refractivity contribution in [1.82, 2.24) is 10.2 Å². The van der Waals surface area contributed by atoms with Crippen LogP contribution in [-0.2, 0) is 11.3 Å². The first-order valence-electron chi connectivity index (χ1n) is 6.33. The van der Waals surface area contributed by atoms with E-state index in [1.54, 1.807) is 0 Å². The zero-order valence-electron chi connectivity index (χ0n) is 11.7. The maximum atomic E-state index is 12.2. The van der Waals surface area contributed by atoms with Gasteiger partial charge in [-0.3, -0.25) is 0 Å². The molecule has 7 heteroatoms. The number of aliphatic carboxylic acids is 1. The molecule has 0 aromatic carbocycles. The number of carbonyl (C=O) groups excluding carboxylic acids is 1. The topological polar surface area (TPSA) is 89.9 Å². The summed E-state index contributed by atoms with van der Waals surface area (Å²) >= 11 is 1.53. The predicted molar refractivity (Wildman–Crippen MR) is 76.6 cm³/mol. The number of urea groups is 1. The molecule has 2 amide bonds. The average Bonchev–Trinajstić information content (AvgIpc) is 2.84. The molecule has 0 fully saturated rings. The minimum absolute atomic E-state index is 0.0828. The number of aliphatic hydroxyl groups is 1. The van der Waals surface area contributed by atoms with E-state index >= 15 is 0 Å². The third kappa shape index (κ3) is 4.50. The third-order valence-electron chi connectivity index (χ3n) is 2.82. The lowest BCUT2D eigenvalue weighted by atomic mass is 10.2. The molecule has 1 rings (SSSR count). The van der Waals surface area contributed by atoms with Crippen LogP contribution in [0, 0.1) is 0 Å². The van der Waals surface area contributed by atoms with E-state index in [4.69, 9.17) is 5.11 Å². The number of hydrogen-bond donors (Lipinski definition) is 3. The van der Waals surface area contributed by atoms with Gasteiger partial charge in [0.1, 0.15) is 0 Å². The fourth-order valence-electron chi connectivity index (χ4n) is 1.66. The summed E-state index contributed by atoms with van der Waals surface area (Å²) in [4.78, 5) is 25.7. The molecule has 0 aliphatic carbocycles. The minimum atomic E-state index is -1.31. The Morgan fingerprint density at radius 3 is 2.45 bits per heavy atom. The van der Waals surface area contributed by atoms with Crippen molar-refractivity contribution in [2.24, 2.45) is 0 Å². The highest BCUT2D eigenvalue weighted by Gasteiger charge is 2.28. The van der Waals surface area contributed by atoms with Gasteiger partial charge in [0, 0.05) is 10.9 Å². The van der Waals surface area contributed by atoms with Crippen molar-refractivity contribution < 1.29 is 19.8 Å². The zero-order chi connectivity index (χ0) is 15.3. The number of hydrogen-bond acceptors (Lipinski definition) is 4. The second kappa shape index (κ2) is 7.25. The van der Waals surface area contributed by atoms with Crippen LogP contribution >= 0.6 is 11.3 Å². The number of nitrogens with one attached hydrogen (secondary N) is 1. The SMILES string of the molecule is CC(C)N(Cc1cccs1)C(=O)N[C@H](C(=O)O)[C@@H](C)O. The van der Waals surface area contributed by atoms with Gasteiger partial charge in [0.25, 0.3) is 0 Å². The Bertz CT molecular complexity index is 445. The quantitative estimate of drug-likeness (QED) is 0.742. The number of thiophene rings is 1. The van der Waals surface area contributed by atoms with Crippen LogP contribution in [0.3, 0.4) is 0 Å². The van der Waals surface area contributed by atoms with Gasteiger partial charge in [-0.25, -0.2) is 9.59 Å². The van der Waals surface area contributed by atoms with Crippen molar-refractivity contribution in [2.75, 3.05) is 0 Å².